The number of aliphatic hydroxyl groups is 2. The van der Waals surface area contributed by atoms with Crippen molar-refractivity contribution in [3.8, 4) is 11.5 Å². The van der Waals surface area contributed by atoms with Crippen LogP contribution in [0, 0.1) is 5.92 Å². The molecule has 0 bridgehead atoms. The summed E-state index contributed by atoms with van der Waals surface area (Å²) in [5.41, 5.74) is 13.8. The van der Waals surface area contributed by atoms with Gasteiger partial charge in [-0.05, 0) is 126 Å². The number of hydrogen-bond donors (Lipinski definition) is 5. The molecular weight excluding hydrogens is 665 g/mol. The van der Waals surface area contributed by atoms with Crippen LogP contribution in [0.25, 0.3) is 5.57 Å². The van der Waals surface area contributed by atoms with Gasteiger partial charge in [0.15, 0.2) is 17.3 Å². The van der Waals surface area contributed by atoms with Gasteiger partial charge in [0.05, 0.1) is 26.3 Å². The van der Waals surface area contributed by atoms with Crippen LogP contribution in [0.1, 0.15) is 92.5 Å². The van der Waals surface area contributed by atoms with Crippen molar-refractivity contribution in [2.24, 2.45) is 11.7 Å². The number of benzene rings is 3. The minimum Gasteiger partial charge on any atom is -0.504 e. The van der Waals surface area contributed by atoms with Crippen molar-refractivity contribution < 1.29 is 29.6 Å². The fourth-order valence-electron chi connectivity index (χ4n) is 7.19. The number of carbonyl (C=O) groups excluding carboxylic acids is 2. The smallest absolute Gasteiger partial charge is 0.163 e. The number of phenols is 1. The highest BCUT2D eigenvalue weighted by atomic mass is 16.5. The van der Waals surface area contributed by atoms with Gasteiger partial charge in [-0.25, -0.2) is 0 Å². The maximum Gasteiger partial charge on any atom is 0.163 e. The lowest BCUT2D eigenvalue weighted by atomic mass is 9.88. The van der Waals surface area contributed by atoms with Gasteiger partial charge >= 0.3 is 0 Å². The summed E-state index contributed by atoms with van der Waals surface area (Å²) in [5, 5.41) is 33.7. The number of carbonyl (C=O) groups is 2. The number of Topliss-reactive ketones (excluding diaryl/α,β-unsaturated/α-hetero) is 1. The van der Waals surface area contributed by atoms with E-state index in [4.69, 9.17) is 10.5 Å². The Morgan fingerprint density at radius 2 is 1.58 bits per heavy atom. The van der Waals surface area contributed by atoms with E-state index < -0.39 is 6.61 Å². The van der Waals surface area contributed by atoms with Crippen LogP contribution in [0.2, 0.25) is 0 Å². The average molecular weight is 723 g/mol. The zero-order valence-corrected chi connectivity index (χ0v) is 31.5. The normalized spacial score (nSPS) is 15.0. The molecule has 1 heterocycles. The van der Waals surface area contributed by atoms with Crippen LogP contribution < -0.4 is 15.8 Å². The molecular formula is C45H58N2O6. The van der Waals surface area contributed by atoms with E-state index in [1.807, 2.05) is 18.3 Å². The molecule has 3 aromatic rings. The van der Waals surface area contributed by atoms with Crippen LogP contribution in [-0.4, -0.2) is 53.4 Å². The maximum atomic E-state index is 13.1. The molecule has 3 aromatic carbocycles. The molecule has 6 N–H and O–H groups in total. The summed E-state index contributed by atoms with van der Waals surface area (Å²) in [5.74, 6) is 0.134. The molecule has 0 radical (unpaired) electrons. The quantitative estimate of drug-likeness (QED) is 0.0507. The molecule has 2 atom stereocenters. The Kier molecular flexibility index (Phi) is 17.0. The van der Waals surface area contributed by atoms with Crippen LogP contribution in [0.4, 0.5) is 0 Å². The number of aromatic hydroxyl groups is 1. The van der Waals surface area contributed by atoms with E-state index in [2.05, 4.69) is 60.8 Å². The van der Waals surface area contributed by atoms with Gasteiger partial charge in [0.2, 0.25) is 0 Å². The molecule has 8 nitrogen and oxygen atoms in total. The number of methoxy groups -OCH3 is 1. The van der Waals surface area contributed by atoms with Gasteiger partial charge in [0.25, 0.3) is 0 Å². The summed E-state index contributed by atoms with van der Waals surface area (Å²) < 4.78 is 5.41. The number of ketones is 2. The van der Waals surface area contributed by atoms with E-state index in [0.717, 1.165) is 68.9 Å². The number of dihydropyridines is 1. The van der Waals surface area contributed by atoms with Crippen LogP contribution >= 0.6 is 0 Å². The number of allylic oxidation sites excluding steroid dienone is 3. The summed E-state index contributed by atoms with van der Waals surface area (Å²) in [6.07, 6.45) is 14.4. The summed E-state index contributed by atoms with van der Waals surface area (Å²) in [6, 6.07) is 22.5. The van der Waals surface area contributed by atoms with Crippen LogP contribution in [0.3, 0.4) is 0 Å². The fraction of sp³-hybridized carbons (Fsp3) is 0.422. The number of rotatable bonds is 23. The van der Waals surface area contributed by atoms with Gasteiger partial charge in [-0.3, -0.25) is 9.59 Å². The second-order valence-electron chi connectivity index (χ2n) is 14.1. The second kappa shape index (κ2) is 21.9. The molecule has 284 valence electrons. The Balaban J connectivity index is 1.45. The standard InChI is InChI=1S/C45H58N2O6/c1-3-10-32(16-9-22-48)13-8-17-40(50)28-41(51)25-39(31-49)42-29-44(53-2)43(52)26-37(42)24-38-30-47-45(46)27-36(38)21-20-35-15-7-14-34(23-35)19-18-33-11-5-4-6-12-33/h4-7,11-12,14-15,23,25-27,29-30,32,45,47-49,52H,3,8-10,13,16-22,24,28,31,46H2,1-2H3. The summed E-state index contributed by atoms with van der Waals surface area (Å²) in [7, 11) is 1.45. The number of aliphatic hydroxyl groups excluding tert-OH is 2. The van der Waals surface area contributed by atoms with Crippen molar-refractivity contribution in [3.05, 3.63) is 124 Å². The summed E-state index contributed by atoms with van der Waals surface area (Å²) in [6.45, 7) is 1.88. The lowest BCUT2D eigenvalue weighted by molar-refractivity contribution is -0.124. The van der Waals surface area contributed by atoms with E-state index in [-0.39, 0.29) is 42.3 Å². The number of phenolic OH excluding ortho intramolecular Hbond substituents is 1. The SMILES string of the molecule is CCCC(CCCO)CCCC(=O)CC(=O)C=C(CO)c1cc(OC)c(O)cc1CC1=CNC(N)C=C1CCc1cccc(CCc2ccccc2)c1. The molecule has 2 unspecified atom stereocenters. The molecule has 1 aliphatic heterocycles. The molecule has 53 heavy (non-hydrogen) atoms. The highest BCUT2D eigenvalue weighted by molar-refractivity contribution is 6.07. The molecule has 0 saturated carbocycles. The van der Waals surface area contributed by atoms with Gasteiger partial charge in [0, 0.05) is 19.2 Å². The van der Waals surface area contributed by atoms with E-state index in [9.17, 15) is 24.9 Å². The molecule has 0 spiro atoms. The Hall–Kier alpha value is -4.50. The largest absolute Gasteiger partial charge is 0.504 e. The first-order valence-corrected chi connectivity index (χ1v) is 19.1. The molecule has 0 amide bonds. The van der Waals surface area contributed by atoms with Gasteiger partial charge in [-0.1, -0.05) is 80.8 Å². The Bertz CT molecular complexity index is 1730. The average Bonchev–Trinajstić information content (AvgIpc) is 3.16. The van der Waals surface area contributed by atoms with Gasteiger partial charge in [-0.2, -0.15) is 0 Å². The number of hydrogen-bond acceptors (Lipinski definition) is 8. The first-order chi connectivity index (χ1) is 25.7. The zero-order chi connectivity index (χ0) is 38.0. The monoisotopic (exact) mass is 722 g/mol. The third-order valence-electron chi connectivity index (χ3n) is 10.0. The topological polar surface area (TPSA) is 142 Å². The molecule has 1 aliphatic rings. The van der Waals surface area contributed by atoms with Gasteiger partial charge in [0.1, 0.15) is 5.78 Å². The van der Waals surface area contributed by atoms with Crippen molar-refractivity contribution in [2.45, 2.75) is 96.6 Å². The first kappa shape index (κ1) is 41.3. The van der Waals surface area contributed by atoms with Crippen LogP contribution in [-0.2, 0) is 35.3 Å². The Morgan fingerprint density at radius 3 is 2.28 bits per heavy atom. The van der Waals surface area contributed by atoms with E-state index in [1.165, 1.54) is 29.9 Å². The Morgan fingerprint density at radius 1 is 0.887 bits per heavy atom. The maximum absolute atomic E-state index is 13.1. The van der Waals surface area contributed by atoms with Crippen molar-refractivity contribution in [1.82, 2.24) is 5.32 Å². The highest BCUT2D eigenvalue weighted by Gasteiger charge is 2.20. The number of nitrogens with one attached hydrogen (secondary N) is 1. The number of ether oxygens (including phenoxy) is 1. The first-order valence-electron chi connectivity index (χ1n) is 19.1. The van der Waals surface area contributed by atoms with Crippen molar-refractivity contribution in [1.29, 1.82) is 0 Å². The minimum atomic E-state index is -0.435. The summed E-state index contributed by atoms with van der Waals surface area (Å²) in [4.78, 5) is 25.9. The molecule has 0 aromatic heterocycles. The third-order valence-corrected chi connectivity index (χ3v) is 10.0. The molecule has 4 rings (SSSR count). The predicted molar refractivity (Wildman–Crippen MR) is 213 cm³/mol. The van der Waals surface area contributed by atoms with Crippen LogP contribution in [0.5, 0.6) is 11.5 Å². The van der Waals surface area contributed by atoms with Crippen LogP contribution in [0.15, 0.2) is 96.2 Å². The fourth-order valence-corrected chi connectivity index (χ4v) is 7.19. The Labute approximate surface area is 315 Å². The number of nitrogens with two attached hydrogens (primary N) is 1. The summed E-state index contributed by atoms with van der Waals surface area (Å²) >= 11 is 0. The van der Waals surface area contributed by atoms with E-state index >= 15 is 0 Å². The van der Waals surface area contributed by atoms with E-state index in [1.54, 1.807) is 12.1 Å². The second-order valence-corrected chi connectivity index (χ2v) is 14.1. The lowest BCUT2D eigenvalue weighted by Crippen LogP contribution is -2.35. The third kappa shape index (κ3) is 13.5. The van der Waals surface area contributed by atoms with Crippen molar-refractivity contribution >= 4 is 17.1 Å². The minimum absolute atomic E-state index is 0.0515. The van der Waals surface area contributed by atoms with Crippen molar-refractivity contribution in [2.75, 3.05) is 20.3 Å². The zero-order valence-electron chi connectivity index (χ0n) is 31.5. The lowest BCUT2D eigenvalue weighted by Gasteiger charge is -2.23. The van der Waals surface area contributed by atoms with Crippen molar-refractivity contribution in [3.63, 3.8) is 0 Å². The molecule has 0 aliphatic carbocycles. The van der Waals surface area contributed by atoms with Gasteiger partial charge in [-0.15, -0.1) is 0 Å². The molecule has 0 saturated heterocycles. The molecule has 0 fully saturated rings. The predicted octanol–water partition coefficient (Wildman–Crippen LogP) is 7.32. The highest BCUT2D eigenvalue weighted by Crippen LogP contribution is 2.36. The van der Waals surface area contributed by atoms with Gasteiger partial charge < -0.3 is 31.1 Å². The molecule has 8 heteroatoms. The van der Waals surface area contributed by atoms with E-state index in [0.29, 0.717) is 41.9 Å². The number of aryl methyl sites for hydroxylation is 3.